The van der Waals surface area contributed by atoms with Gasteiger partial charge in [0.1, 0.15) is 0 Å². The van der Waals surface area contributed by atoms with Crippen molar-refractivity contribution in [3.63, 3.8) is 0 Å². The predicted octanol–water partition coefficient (Wildman–Crippen LogP) is 5.30. The van der Waals surface area contributed by atoms with Crippen molar-refractivity contribution in [1.82, 2.24) is 4.98 Å². The van der Waals surface area contributed by atoms with Gasteiger partial charge in [0.15, 0.2) is 10.8 Å². The van der Waals surface area contributed by atoms with Crippen molar-refractivity contribution in [3.05, 3.63) is 82.0 Å². The summed E-state index contributed by atoms with van der Waals surface area (Å²) >= 11 is 1.35. The largest absolute Gasteiger partial charge is 0.402 e. The molecule has 6 nitrogen and oxygen atoms in total. The average molecular weight is 446 g/mol. The number of nitrogens with zero attached hydrogens (tertiary/aromatic N) is 3. The van der Waals surface area contributed by atoms with Gasteiger partial charge in [0.25, 0.3) is 0 Å². The lowest BCUT2D eigenvalue weighted by molar-refractivity contribution is -0.130. The molecule has 2 heterocycles. The summed E-state index contributed by atoms with van der Waals surface area (Å²) in [4.78, 5) is 35.6. The van der Waals surface area contributed by atoms with E-state index in [0.717, 1.165) is 35.2 Å². The van der Waals surface area contributed by atoms with Crippen LogP contribution in [0.2, 0.25) is 0 Å². The van der Waals surface area contributed by atoms with E-state index in [1.54, 1.807) is 11.0 Å². The maximum Gasteiger partial charge on any atom is 0.363 e. The Labute approximate surface area is 190 Å². The van der Waals surface area contributed by atoms with E-state index < -0.39 is 5.97 Å². The minimum Gasteiger partial charge on any atom is -0.402 e. The van der Waals surface area contributed by atoms with Crippen molar-refractivity contribution >= 4 is 46.0 Å². The fourth-order valence-corrected chi connectivity index (χ4v) is 4.42. The Balaban J connectivity index is 1.70. The number of hydrogen-bond acceptors (Lipinski definition) is 6. The first-order valence-corrected chi connectivity index (χ1v) is 11.3. The molecule has 0 aliphatic carbocycles. The molecule has 4 rings (SSSR count). The number of thiazole rings is 1. The Morgan fingerprint density at radius 2 is 1.75 bits per heavy atom. The molecule has 162 valence electrons. The van der Waals surface area contributed by atoms with Crippen molar-refractivity contribution in [2.45, 2.75) is 33.6 Å². The zero-order chi connectivity index (χ0) is 22.7. The number of carbonyl (C=O) groups excluding carboxylic acids is 2. The average Bonchev–Trinajstić information content (AvgIpc) is 3.41. The van der Waals surface area contributed by atoms with Gasteiger partial charge in [-0.05, 0) is 42.2 Å². The van der Waals surface area contributed by atoms with E-state index in [1.165, 1.54) is 18.3 Å². The number of rotatable bonds is 6. The Bertz CT molecular complexity index is 1210. The van der Waals surface area contributed by atoms with Crippen LogP contribution in [0.1, 0.15) is 43.2 Å². The predicted molar refractivity (Wildman–Crippen MR) is 127 cm³/mol. The van der Waals surface area contributed by atoms with Crippen molar-refractivity contribution in [1.29, 1.82) is 0 Å². The summed E-state index contributed by atoms with van der Waals surface area (Å²) in [6, 6.07) is 15.4. The van der Waals surface area contributed by atoms with Gasteiger partial charge < -0.3 is 4.74 Å². The molecule has 0 N–H and O–H groups in total. The van der Waals surface area contributed by atoms with Crippen molar-refractivity contribution < 1.29 is 14.3 Å². The van der Waals surface area contributed by atoms with Crippen molar-refractivity contribution in [3.8, 4) is 0 Å². The first-order chi connectivity index (χ1) is 15.5. The number of aliphatic imine (C=N–C) groups is 1. The smallest absolute Gasteiger partial charge is 0.363 e. The molecule has 0 radical (unpaired) electrons. The van der Waals surface area contributed by atoms with Gasteiger partial charge in [-0.3, -0.25) is 9.69 Å². The van der Waals surface area contributed by atoms with Crippen LogP contribution >= 0.6 is 11.3 Å². The van der Waals surface area contributed by atoms with E-state index in [1.807, 2.05) is 53.9 Å². The second-order valence-corrected chi connectivity index (χ2v) is 8.08. The quantitative estimate of drug-likeness (QED) is 0.381. The molecule has 0 unspecified atom stereocenters. The van der Waals surface area contributed by atoms with E-state index >= 15 is 0 Å². The van der Waals surface area contributed by atoms with Crippen LogP contribution in [0.25, 0.3) is 6.08 Å². The fourth-order valence-electron chi connectivity index (χ4n) is 3.59. The molecule has 32 heavy (non-hydrogen) atoms. The van der Waals surface area contributed by atoms with E-state index in [0.29, 0.717) is 10.8 Å². The molecule has 0 fully saturated rings. The maximum absolute atomic E-state index is 12.7. The number of esters is 1. The van der Waals surface area contributed by atoms with Crippen LogP contribution in [-0.4, -0.2) is 22.8 Å². The second-order valence-electron chi connectivity index (χ2n) is 7.24. The second kappa shape index (κ2) is 9.28. The minimum atomic E-state index is -0.522. The highest BCUT2D eigenvalue weighted by molar-refractivity contribution is 7.14. The maximum atomic E-state index is 12.7. The first kappa shape index (κ1) is 21.6. The summed E-state index contributed by atoms with van der Waals surface area (Å²) in [5, 5.41) is 2.36. The third kappa shape index (κ3) is 4.24. The first-order valence-electron chi connectivity index (χ1n) is 10.5. The minimum absolute atomic E-state index is 0.112. The molecule has 0 spiro atoms. The van der Waals surface area contributed by atoms with Crippen LogP contribution in [0.4, 0.5) is 10.8 Å². The molecule has 2 aromatic carbocycles. The molecule has 0 atom stereocenters. The van der Waals surface area contributed by atoms with E-state index in [-0.39, 0.29) is 17.5 Å². The van der Waals surface area contributed by atoms with Gasteiger partial charge in [0, 0.05) is 17.9 Å². The fraction of sp³-hybridized carbons (Fsp3) is 0.200. The highest BCUT2D eigenvalue weighted by atomic mass is 32.1. The SMILES string of the molecule is CCc1cccc(CC)c1N(C(C)=O)c1nc(/C=C2\N=C(c3ccccc3)OC2=O)cs1. The Hall–Kier alpha value is -3.58. The van der Waals surface area contributed by atoms with Gasteiger partial charge in [-0.2, -0.15) is 0 Å². The molecular formula is C25H23N3O3S. The van der Waals surface area contributed by atoms with Gasteiger partial charge >= 0.3 is 5.97 Å². The summed E-state index contributed by atoms with van der Waals surface area (Å²) in [6.45, 7) is 5.68. The van der Waals surface area contributed by atoms with Crippen LogP contribution < -0.4 is 4.90 Å². The lowest BCUT2D eigenvalue weighted by Crippen LogP contribution is -2.25. The molecular weight excluding hydrogens is 422 g/mol. The van der Waals surface area contributed by atoms with Gasteiger partial charge in [-0.1, -0.05) is 50.2 Å². The third-order valence-electron chi connectivity index (χ3n) is 5.13. The number of benzene rings is 2. The van der Waals surface area contributed by atoms with E-state index in [4.69, 9.17) is 4.74 Å². The molecule has 1 aromatic heterocycles. The Morgan fingerprint density at radius 3 is 2.38 bits per heavy atom. The number of cyclic esters (lactones) is 1. The molecule has 0 saturated carbocycles. The lowest BCUT2D eigenvalue weighted by atomic mass is 10.0. The molecule has 1 aliphatic heterocycles. The number of aryl methyl sites for hydroxylation is 2. The molecule has 1 aliphatic rings. The zero-order valence-corrected chi connectivity index (χ0v) is 19.0. The van der Waals surface area contributed by atoms with Gasteiger partial charge in [-0.15, -0.1) is 11.3 Å². The number of hydrogen-bond donors (Lipinski definition) is 0. The summed E-state index contributed by atoms with van der Waals surface area (Å²) < 4.78 is 5.31. The van der Waals surface area contributed by atoms with Crippen molar-refractivity contribution in [2.75, 3.05) is 4.90 Å². The van der Waals surface area contributed by atoms with Gasteiger partial charge in [0.05, 0.1) is 11.4 Å². The third-order valence-corrected chi connectivity index (χ3v) is 5.97. The Morgan fingerprint density at radius 1 is 1.06 bits per heavy atom. The monoisotopic (exact) mass is 445 g/mol. The molecule has 3 aromatic rings. The standard InChI is InChI=1S/C25H23N3O3S/c1-4-17-12-9-13-18(5-2)22(17)28(16(3)29)25-26-20(15-32-25)14-21-24(30)31-23(27-21)19-10-7-6-8-11-19/h6-15H,4-5H2,1-3H3/b21-14-. The van der Waals surface area contributed by atoms with Crippen LogP contribution in [0.15, 0.2) is 64.6 Å². The van der Waals surface area contributed by atoms with Gasteiger partial charge in [0.2, 0.25) is 11.8 Å². The number of aromatic nitrogens is 1. The summed E-state index contributed by atoms with van der Waals surface area (Å²) in [5.41, 5.74) is 4.53. The molecule has 7 heteroatoms. The number of anilines is 2. The number of amides is 1. The van der Waals surface area contributed by atoms with Crippen LogP contribution in [0.5, 0.6) is 0 Å². The number of carbonyl (C=O) groups is 2. The number of ether oxygens (including phenoxy) is 1. The lowest BCUT2D eigenvalue weighted by Gasteiger charge is -2.24. The molecule has 0 saturated heterocycles. The van der Waals surface area contributed by atoms with E-state index in [9.17, 15) is 9.59 Å². The molecule has 0 bridgehead atoms. The van der Waals surface area contributed by atoms with Crippen LogP contribution in [-0.2, 0) is 27.2 Å². The number of para-hydroxylation sites is 1. The summed E-state index contributed by atoms with van der Waals surface area (Å²) in [5.74, 6) is -0.364. The molecule has 1 amide bonds. The Kier molecular flexibility index (Phi) is 6.28. The summed E-state index contributed by atoms with van der Waals surface area (Å²) in [7, 11) is 0. The zero-order valence-electron chi connectivity index (χ0n) is 18.2. The van der Waals surface area contributed by atoms with Crippen molar-refractivity contribution in [2.24, 2.45) is 4.99 Å². The normalized spacial score (nSPS) is 14.4. The highest BCUT2D eigenvalue weighted by Crippen LogP contribution is 2.35. The van der Waals surface area contributed by atoms with Gasteiger partial charge in [-0.25, -0.2) is 14.8 Å². The topological polar surface area (TPSA) is 71.9 Å². The van der Waals surface area contributed by atoms with E-state index in [2.05, 4.69) is 23.8 Å². The van der Waals surface area contributed by atoms with Crippen LogP contribution in [0, 0.1) is 0 Å². The van der Waals surface area contributed by atoms with Crippen LogP contribution in [0.3, 0.4) is 0 Å². The summed E-state index contributed by atoms with van der Waals surface area (Å²) in [6.07, 6.45) is 3.19. The highest BCUT2D eigenvalue weighted by Gasteiger charge is 2.26.